The number of thiocarbonyl (C=S) groups is 1. The monoisotopic (exact) mass is 291 g/mol. The van der Waals surface area contributed by atoms with Crippen molar-refractivity contribution in [1.29, 1.82) is 0 Å². The quantitative estimate of drug-likeness (QED) is 0.498. The van der Waals surface area contributed by atoms with E-state index >= 15 is 0 Å². The van der Waals surface area contributed by atoms with E-state index < -0.39 is 10.0 Å². The predicted octanol–water partition coefficient (Wildman–Crippen LogP) is 0.188. The second-order valence-corrected chi connectivity index (χ2v) is 7.59. The van der Waals surface area contributed by atoms with E-state index in [4.69, 9.17) is 12.2 Å². The lowest BCUT2D eigenvalue weighted by molar-refractivity contribution is 0.389. The summed E-state index contributed by atoms with van der Waals surface area (Å²) in [6.45, 7) is 0.872. The van der Waals surface area contributed by atoms with E-state index in [2.05, 4.69) is 15.4 Å². The number of hydrogen-bond acceptors (Lipinski definition) is 3. The highest BCUT2D eigenvalue weighted by atomic mass is 32.2. The lowest BCUT2D eigenvalue weighted by Crippen LogP contribution is -2.46. The molecule has 0 radical (unpaired) electrons. The van der Waals surface area contributed by atoms with Gasteiger partial charge in [-0.15, -0.1) is 0 Å². The SMILES string of the molecule is CS(=O)(=O)NCCNC(=S)NC1CC2CCC1C2. The molecule has 3 unspecified atom stereocenters. The summed E-state index contributed by atoms with van der Waals surface area (Å²) in [6.07, 6.45) is 6.42. The lowest BCUT2D eigenvalue weighted by Gasteiger charge is -2.24. The predicted molar refractivity (Wildman–Crippen MR) is 75.8 cm³/mol. The number of fused-ring (bicyclic) bond motifs is 2. The standard InChI is InChI=1S/C11H21N3O2S2/c1-18(15,16)13-5-4-12-11(17)14-10-7-8-2-3-9(10)6-8/h8-10,13H,2-7H2,1H3,(H2,12,14,17). The smallest absolute Gasteiger partial charge is 0.208 e. The maximum Gasteiger partial charge on any atom is 0.208 e. The van der Waals surface area contributed by atoms with Crippen LogP contribution in [-0.2, 0) is 10.0 Å². The van der Waals surface area contributed by atoms with Gasteiger partial charge in [0.15, 0.2) is 5.11 Å². The highest BCUT2D eigenvalue weighted by Gasteiger charge is 2.39. The van der Waals surface area contributed by atoms with Crippen molar-refractivity contribution in [1.82, 2.24) is 15.4 Å². The highest BCUT2D eigenvalue weighted by molar-refractivity contribution is 7.88. The average Bonchev–Trinajstić information content (AvgIpc) is 2.85. The molecule has 0 aliphatic heterocycles. The molecule has 2 aliphatic carbocycles. The first-order chi connectivity index (χ1) is 8.44. The van der Waals surface area contributed by atoms with Gasteiger partial charge >= 0.3 is 0 Å². The van der Waals surface area contributed by atoms with Crippen molar-refractivity contribution in [3.63, 3.8) is 0 Å². The lowest BCUT2D eigenvalue weighted by atomic mass is 9.96. The minimum Gasteiger partial charge on any atom is -0.361 e. The first kappa shape index (κ1) is 14.0. The fraction of sp³-hybridized carbons (Fsp3) is 0.909. The van der Waals surface area contributed by atoms with Gasteiger partial charge in [0.05, 0.1) is 6.26 Å². The summed E-state index contributed by atoms with van der Waals surface area (Å²) in [5.41, 5.74) is 0. The molecule has 3 N–H and O–H groups in total. The van der Waals surface area contributed by atoms with E-state index in [1.165, 1.54) is 25.7 Å². The topological polar surface area (TPSA) is 70.2 Å². The van der Waals surface area contributed by atoms with Crippen LogP contribution in [0.1, 0.15) is 25.7 Å². The van der Waals surface area contributed by atoms with Gasteiger partial charge in [0.2, 0.25) is 10.0 Å². The fourth-order valence-electron chi connectivity index (χ4n) is 3.05. The molecule has 2 fully saturated rings. The normalized spacial score (nSPS) is 30.4. The highest BCUT2D eigenvalue weighted by Crippen LogP contribution is 2.44. The van der Waals surface area contributed by atoms with Crippen LogP contribution in [-0.4, -0.2) is 38.9 Å². The molecule has 0 heterocycles. The molecule has 0 saturated heterocycles. The van der Waals surface area contributed by atoms with Gasteiger partial charge in [-0.25, -0.2) is 13.1 Å². The van der Waals surface area contributed by atoms with E-state index in [1.54, 1.807) is 0 Å². The summed E-state index contributed by atoms with van der Waals surface area (Å²) in [7, 11) is -3.11. The first-order valence-electron chi connectivity index (χ1n) is 6.43. The molecule has 104 valence electrons. The summed E-state index contributed by atoms with van der Waals surface area (Å²) >= 11 is 5.21. The zero-order chi connectivity index (χ0) is 13.2. The largest absolute Gasteiger partial charge is 0.361 e. The van der Waals surface area contributed by atoms with Gasteiger partial charge in [0.1, 0.15) is 0 Å². The Morgan fingerprint density at radius 1 is 1.28 bits per heavy atom. The molecule has 18 heavy (non-hydrogen) atoms. The van der Waals surface area contributed by atoms with Crippen molar-refractivity contribution in [3.8, 4) is 0 Å². The number of rotatable bonds is 5. The fourth-order valence-corrected chi connectivity index (χ4v) is 3.78. The van der Waals surface area contributed by atoms with E-state index in [-0.39, 0.29) is 0 Å². The Balaban J connectivity index is 1.61. The zero-order valence-corrected chi connectivity index (χ0v) is 12.2. The Morgan fingerprint density at radius 2 is 2.06 bits per heavy atom. The molecule has 0 aromatic rings. The second kappa shape index (κ2) is 5.71. The third kappa shape index (κ3) is 4.07. The van der Waals surface area contributed by atoms with E-state index in [0.29, 0.717) is 24.2 Å². The molecule has 2 bridgehead atoms. The molecular weight excluding hydrogens is 270 g/mol. The minimum absolute atomic E-state index is 0.359. The first-order valence-corrected chi connectivity index (χ1v) is 8.73. The van der Waals surface area contributed by atoms with Gasteiger partial charge in [-0.2, -0.15) is 0 Å². The third-order valence-electron chi connectivity index (χ3n) is 3.83. The van der Waals surface area contributed by atoms with Crippen LogP contribution in [0.15, 0.2) is 0 Å². The molecule has 7 heteroatoms. The summed E-state index contributed by atoms with van der Waals surface area (Å²) < 4.78 is 24.1. The van der Waals surface area contributed by atoms with Crippen molar-refractivity contribution < 1.29 is 8.42 Å². The molecule has 0 amide bonds. The van der Waals surface area contributed by atoms with Gasteiger partial charge in [-0.1, -0.05) is 6.42 Å². The van der Waals surface area contributed by atoms with Gasteiger partial charge < -0.3 is 10.6 Å². The molecular formula is C11H21N3O2S2. The number of nitrogens with one attached hydrogen (secondary N) is 3. The molecule has 3 atom stereocenters. The molecule has 0 aromatic heterocycles. The maximum absolute atomic E-state index is 10.9. The molecule has 2 saturated carbocycles. The van der Waals surface area contributed by atoms with Crippen LogP contribution in [0.4, 0.5) is 0 Å². The Kier molecular flexibility index (Phi) is 4.45. The van der Waals surface area contributed by atoms with Crippen molar-refractivity contribution >= 4 is 27.4 Å². The van der Waals surface area contributed by atoms with Gasteiger partial charge in [0.25, 0.3) is 0 Å². The van der Waals surface area contributed by atoms with Gasteiger partial charge in [-0.05, 0) is 43.3 Å². The number of hydrogen-bond donors (Lipinski definition) is 3. The van der Waals surface area contributed by atoms with Crippen LogP contribution in [0.5, 0.6) is 0 Å². The Labute approximate surface area is 114 Å². The average molecular weight is 291 g/mol. The van der Waals surface area contributed by atoms with E-state index in [1.807, 2.05) is 0 Å². The molecule has 0 aromatic carbocycles. The molecule has 2 rings (SSSR count). The van der Waals surface area contributed by atoms with Crippen molar-refractivity contribution in [2.45, 2.75) is 31.7 Å². The van der Waals surface area contributed by atoms with Gasteiger partial charge in [0, 0.05) is 19.1 Å². The molecule has 2 aliphatic rings. The third-order valence-corrected chi connectivity index (χ3v) is 4.82. The Bertz CT molecular complexity index is 411. The van der Waals surface area contributed by atoms with Crippen molar-refractivity contribution in [3.05, 3.63) is 0 Å². The summed E-state index contributed by atoms with van der Waals surface area (Å²) in [6, 6.07) is 0.520. The molecule has 0 spiro atoms. The summed E-state index contributed by atoms with van der Waals surface area (Å²) in [5, 5.41) is 7.03. The number of sulfonamides is 1. The van der Waals surface area contributed by atoms with E-state index in [0.717, 1.165) is 18.1 Å². The van der Waals surface area contributed by atoms with Crippen LogP contribution in [0.3, 0.4) is 0 Å². The van der Waals surface area contributed by atoms with Crippen molar-refractivity contribution in [2.75, 3.05) is 19.3 Å². The van der Waals surface area contributed by atoms with Crippen molar-refractivity contribution in [2.24, 2.45) is 11.8 Å². The Morgan fingerprint density at radius 3 is 2.61 bits per heavy atom. The van der Waals surface area contributed by atoms with Crippen LogP contribution in [0.25, 0.3) is 0 Å². The van der Waals surface area contributed by atoms with Crippen LogP contribution < -0.4 is 15.4 Å². The van der Waals surface area contributed by atoms with Crippen LogP contribution >= 0.6 is 12.2 Å². The zero-order valence-electron chi connectivity index (χ0n) is 10.6. The van der Waals surface area contributed by atoms with Gasteiger partial charge in [-0.3, -0.25) is 0 Å². The molecule has 5 nitrogen and oxygen atoms in total. The van der Waals surface area contributed by atoms with E-state index in [9.17, 15) is 8.42 Å². The van der Waals surface area contributed by atoms with Crippen LogP contribution in [0, 0.1) is 11.8 Å². The minimum atomic E-state index is -3.11. The second-order valence-electron chi connectivity index (χ2n) is 5.35. The maximum atomic E-state index is 10.9. The summed E-state index contributed by atoms with van der Waals surface area (Å²) in [4.78, 5) is 0. The Hall–Kier alpha value is -0.400. The summed E-state index contributed by atoms with van der Waals surface area (Å²) in [5.74, 6) is 1.67. The van der Waals surface area contributed by atoms with Crippen LogP contribution in [0.2, 0.25) is 0 Å².